The molecule has 37 heavy (non-hydrogen) atoms. The second kappa shape index (κ2) is 12.4. The standard InChI is InChI=1S/C27H37F3N4O3/c1-3-5-6-7-8-9-10-15-34-25(33-22(4-2)37-34)19-11-13-20-18(16-19)12-14-21(20)32-26(35)23-24(27(28,29)30)31-17-36-23/h11,13,16-17,21-22,25,33H,3-10,12,14-15H2,1-2H3,(H,32,35)/t21-,22?,25?/m1/s1. The van der Waals surface area contributed by atoms with Crippen LogP contribution in [0.1, 0.15) is 117 Å². The maximum Gasteiger partial charge on any atom is 0.437 e. The molecule has 1 fully saturated rings. The highest BCUT2D eigenvalue weighted by Crippen LogP contribution is 2.36. The van der Waals surface area contributed by atoms with E-state index in [0.29, 0.717) is 12.8 Å². The number of nitrogens with zero attached hydrogens (tertiary/aromatic N) is 2. The minimum Gasteiger partial charge on any atom is -0.438 e. The summed E-state index contributed by atoms with van der Waals surface area (Å²) in [6.45, 7) is 5.15. The summed E-state index contributed by atoms with van der Waals surface area (Å²) < 4.78 is 44.1. The summed E-state index contributed by atoms with van der Waals surface area (Å²) >= 11 is 0. The molecule has 1 amide bonds. The molecule has 3 atom stereocenters. The first-order valence-electron chi connectivity index (χ1n) is 13.5. The lowest BCUT2D eigenvalue weighted by atomic mass is 10.0. The molecule has 2 aliphatic rings. The number of carbonyl (C=O) groups excluding carboxylic acids is 1. The number of carbonyl (C=O) groups is 1. The Morgan fingerprint density at radius 1 is 1.16 bits per heavy atom. The molecule has 1 aliphatic heterocycles. The first-order chi connectivity index (χ1) is 17.8. The van der Waals surface area contributed by atoms with Crippen molar-refractivity contribution in [3.63, 3.8) is 0 Å². The van der Waals surface area contributed by atoms with E-state index in [1.54, 1.807) is 0 Å². The molecule has 4 rings (SSSR count). The topological polar surface area (TPSA) is 79.6 Å². The van der Waals surface area contributed by atoms with Gasteiger partial charge in [-0.2, -0.15) is 18.2 Å². The van der Waals surface area contributed by atoms with Crippen molar-refractivity contribution in [2.75, 3.05) is 6.54 Å². The van der Waals surface area contributed by atoms with Gasteiger partial charge in [-0.05, 0) is 42.4 Å². The molecule has 204 valence electrons. The summed E-state index contributed by atoms with van der Waals surface area (Å²) in [5.74, 6) is -1.72. The number of amides is 1. The van der Waals surface area contributed by atoms with Crippen LogP contribution in [0.4, 0.5) is 13.2 Å². The average Bonchev–Trinajstić information content (AvgIpc) is 3.61. The van der Waals surface area contributed by atoms with E-state index in [9.17, 15) is 18.0 Å². The molecule has 10 heteroatoms. The Hall–Kier alpha value is -2.43. The number of oxazole rings is 1. The van der Waals surface area contributed by atoms with Gasteiger partial charge < -0.3 is 9.73 Å². The van der Waals surface area contributed by atoms with Crippen molar-refractivity contribution in [3.05, 3.63) is 52.7 Å². The summed E-state index contributed by atoms with van der Waals surface area (Å²) in [5, 5.41) is 8.29. The summed E-state index contributed by atoms with van der Waals surface area (Å²) in [6, 6.07) is 5.70. The fourth-order valence-corrected chi connectivity index (χ4v) is 5.17. The number of aromatic nitrogens is 1. The molecule has 1 aliphatic carbocycles. The van der Waals surface area contributed by atoms with E-state index in [-0.39, 0.29) is 18.4 Å². The van der Waals surface area contributed by atoms with E-state index in [1.807, 2.05) is 17.2 Å². The van der Waals surface area contributed by atoms with Gasteiger partial charge in [-0.1, -0.05) is 70.6 Å². The predicted octanol–water partition coefficient (Wildman–Crippen LogP) is 6.43. The average molecular weight is 523 g/mol. The Kier molecular flexibility index (Phi) is 9.26. The van der Waals surface area contributed by atoms with Gasteiger partial charge in [-0.15, -0.1) is 0 Å². The lowest BCUT2D eigenvalue weighted by Crippen LogP contribution is -2.29. The molecule has 0 saturated carbocycles. The van der Waals surface area contributed by atoms with Crippen molar-refractivity contribution < 1.29 is 27.2 Å². The third-order valence-corrected chi connectivity index (χ3v) is 7.16. The van der Waals surface area contributed by atoms with Gasteiger partial charge in [0.1, 0.15) is 12.4 Å². The Balaban J connectivity index is 1.38. The van der Waals surface area contributed by atoms with Crippen molar-refractivity contribution >= 4 is 5.91 Å². The number of unbranched alkanes of at least 4 members (excludes halogenated alkanes) is 6. The normalized spacial score (nSPS) is 21.9. The number of nitrogens with one attached hydrogen (secondary N) is 2. The van der Waals surface area contributed by atoms with Gasteiger partial charge in [-0.25, -0.2) is 4.98 Å². The molecule has 0 bridgehead atoms. The number of benzene rings is 1. The highest BCUT2D eigenvalue weighted by molar-refractivity contribution is 5.93. The van der Waals surface area contributed by atoms with Crippen LogP contribution in [0, 0.1) is 0 Å². The summed E-state index contributed by atoms with van der Waals surface area (Å²) in [7, 11) is 0. The second-order valence-corrected chi connectivity index (χ2v) is 9.88. The Labute approximate surface area is 216 Å². The van der Waals surface area contributed by atoms with Crippen molar-refractivity contribution in [2.24, 2.45) is 0 Å². The SMILES string of the molecule is CCCCCCCCCN1OC(CC)NC1c1ccc2c(c1)CC[C@H]2NC(=O)c1ocnc1C(F)(F)F. The molecule has 2 unspecified atom stereocenters. The summed E-state index contributed by atoms with van der Waals surface area (Å²) in [4.78, 5) is 21.9. The van der Waals surface area contributed by atoms with Crippen LogP contribution in [0.3, 0.4) is 0 Å². The molecule has 1 aromatic heterocycles. The Morgan fingerprint density at radius 2 is 1.92 bits per heavy atom. The number of aryl methyl sites for hydroxylation is 1. The highest BCUT2D eigenvalue weighted by atomic mass is 19.4. The number of halogens is 3. The molecule has 1 saturated heterocycles. The molecular weight excluding hydrogens is 485 g/mol. The van der Waals surface area contributed by atoms with Gasteiger partial charge in [0.15, 0.2) is 12.1 Å². The monoisotopic (exact) mass is 522 g/mol. The molecule has 2 N–H and O–H groups in total. The van der Waals surface area contributed by atoms with Crippen LogP contribution in [-0.4, -0.2) is 28.7 Å². The lowest BCUT2D eigenvalue weighted by molar-refractivity contribution is -0.164. The first kappa shape index (κ1) is 27.6. The Morgan fingerprint density at radius 3 is 2.65 bits per heavy atom. The summed E-state index contributed by atoms with van der Waals surface area (Å²) in [5.41, 5.74) is 1.76. The van der Waals surface area contributed by atoms with Crippen molar-refractivity contribution in [3.8, 4) is 0 Å². The quantitative estimate of drug-likeness (QED) is 0.313. The zero-order valence-electron chi connectivity index (χ0n) is 21.6. The third kappa shape index (κ3) is 6.72. The van der Waals surface area contributed by atoms with Gasteiger partial charge in [0, 0.05) is 6.54 Å². The third-order valence-electron chi connectivity index (χ3n) is 7.16. The van der Waals surface area contributed by atoms with Crippen molar-refractivity contribution in [1.29, 1.82) is 0 Å². The number of hydrogen-bond acceptors (Lipinski definition) is 6. The maximum absolute atomic E-state index is 13.1. The molecule has 2 aromatic rings. The van der Waals surface area contributed by atoms with E-state index < -0.39 is 23.5 Å². The zero-order chi connectivity index (χ0) is 26.4. The fourth-order valence-electron chi connectivity index (χ4n) is 5.17. The van der Waals surface area contributed by atoms with Crippen LogP contribution < -0.4 is 10.6 Å². The molecule has 7 nitrogen and oxygen atoms in total. The smallest absolute Gasteiger partial charge is 0.437 e. The van der Waals surface area contributed by atoms with Gasteiger partial charge >= 0.3 is 6.18 Å². The minimum absolute atomic E-state index is 0.0421. The van der Waals surface area contributed by atoms with Crippen LogP contribution in [-0.2, 0) is 17.4 Å². The number of hydrogen-bond donors (Lipinski definition) is 2. The van der Waals surface area contributed by atoms with Crippen molar-refractivity contribution in [1.82, 2.24) is 20.7 Å². The lowest BCUT2D eigenvalue weighted by Gasteiger charge is -2.23. The summed E-state index contributed by atoms with van der Waals surface area (Å²) in [6.07, 6.45) is 6.60. The molecular formula is C27H37F3N4O3. The largest absolute Gasteiger partial charge is 0.438 e. The van der Waals surface area contributed by atoms with E-state index in [4.69, 9.17) is 9.25 Å². The maximum atomic E-state index is 13.1. The van der Waals surface area contributed by atoms with Crippen LogP contribution >= 0.6 is 0 Å². The van der Waals surface area contributed by atoms with Crippen molar-refractivity contribution in [2.45, 2.75) is 103 Å². The van der Waals surface area contributed by atoms with Crippen LogP contribution in [0.5, 0.6) is 0 Å². The molecule has 2 heterocycles. The number of hydroxylamine groups is 2. The van der Waals surface area contributed by atoms with E-state index in [1.165, 1.54) is 38.5 Å². The Bertz CT molecular complexity index is 1040. The minimum atomic E-state index is -4.75. The molecule has 1 aromatic carbocycles. The number of fused-ring (bicyclic) bond motifs is 1. The van der Waals surface area contributed by atoms with E-state index in [2.05, 4.69) is 35.5 Å². The highest BCUT2D eigenvalue weighted by Gasteiger charge is 2.41. The first-order valence-corrected chi connectivity index (χ1v) is 13.5. The predicted molar refractivity (Wildman–Crippen MR) is 132 cm³/mol. The fraction of sp³-hybridized carbons (Fsp3) is 0.630. The number of alkyl halides is 3. The van der Waals surface area contributed by atoms with E-state index >= 15 is 0 Å². The van der Waals surface area contributed by atoms with Gasteiger partial charge in [0.2, 0.25) is 5.76 Å². The molecule has 0 radical (unpaired) electrons. The van der Waals surface area contributed by atoms with Gasteiger partial charge in [0.05, 0.1) is 6.04 Å². The van der Waals surface area contributed by atoms with Crippen LogP contribution in [0.25, 0.3) is 0 Å². The van der Waals surface area contributed by atoms with Gasteiger partial charge in [-0.3, -0.25) is 14.9 Å². The second-order valence-electron chi connectivity index (χ2n) is 9.88. The molecule has 0 spiro atoms. The van der Waals surface area contributed by atoms with Crippen LogP contribution in [0.2, 0.25) is 0 Å². The van der Waals surface area contributed by atoms with Crippen LogP contribution in [0.15, 0.2) is 29.0 Å². The van der Waals surface area contributed by atoms with Gasteiger partial charge in [0.25, 0.3) is 5.91 Å². The number of rotatable bonds is 12. The van der Waals surface area contributed by atoms with E-state index in [0.717, 1.165) is 42.5 Å². The zero-order valence-corrected chi connectivity index (χ0v) is 21.6.